The van der Waals surface area contributed by atoms with Gasteiger partial charge in [0.2, 0.25) is 0 Å². The summed E-state index contributed by atoms with van der Waals surface area (Å²) in [6.45, 7) is 3.60. The summed E-state index contributed by atoms with van der Waals surface area (Å²) in [6, 6.07) is 10.7. The number of halogens is 1. The molecule has 3 aromatic rings. The fourth-order valence-corrected chi connectivity index (χ4v) is 4.22. The Hall–Kier alpha value is -2.35. The van der Waals surface area contributed by atoms with Crippen molar-refractivity contribution in [3.63, 3.8) is 0 Å². The van der Waals surface area contributed by atoms with E-state index in [2.05, 4.69) is 4.99 Å². The molecule has 28 heavy (non-hydrogen) atoms. The molecule has 0 radical (unpaired) electrons. The Balaban J connectivity index is 2.09. The number of aromatic nitrogens is 1. The number of ether oxygens (including phenoxy) is 3. The van der Waals surface area contributed by atoms with Gasteiger partial charge in [-0.3, -0.25) is 4.79 Å². The van der Waals surface area contributed by atoms with Gasteiger partial charge in [-0.25, -0.2) is 0 Å². The van der Waals surface area contributed by atoms with Crippen LogP contribution in [0.3, 0.4) is 0 Å². The zero-order valence-electron chi connectivity index (χ0n) is 15.9. The quantitative estimate of drug-likeness (QED) is 0.538. The highest BCUT2D eigenvalue weighted by atomic mass is 35.5. The van der Waals surface area contributed by atoms with Crippen LogP contribution in [0.4, 0.5) is 0 Å². The predicted octanol–water partition coefficient (Wildman–Crippen LogP) is 4.15. The van der Waals surface area contributed by atoms with Gasteiger partial charge in [-0.1, -0.05) is 29.0 Å². The van der Waals surface area contributed by atoms with Crippen molar-refractivity contribution in [3.05, 3.63) is 51.8 Å². The highest BCUT2D eigenvalue weighted by molar-refractivity contribution is 7.16. The second-order valence-corrected chi connectivity index (χ2v) is 7.22. The predicted molar refractivity (Wildman–Crippen MR) is 111 cm³/mol. The number of para-hydroxylation sites is 1. The van der Waals surface area contributed by atoms with Gasteiger partial charge >= 0.3 is 0 Å². The molecule has 0 aliphatic rings. The molecule has 0 bridgehead atoms. The number of amides is 1. The number of hydrogen-bond donors (Lipinski definition) is 0. The molecule has 0 aliphatic carbocycles. The van der Waals surface area contributed by atoms with Crippen molar-refractivity contribution < 1.29 is 19.0 Å². The largest absolute Gasteiger partial charge is 0.497 e. The standard InChI is InChI=1S/C20H21ClN2O4S/c1-4-27-11-10-23-18-15(21)6-5-7-17(18)28-20(23)22-19(24)14-9-8-13(25-2)12-16(14)26-3/h5-9,12H,4,10-11H2,1-3H3. The number of thiazole rings is 1. The molecule has 3 rings (SSSR count). The summed E-state index contributed by atoms with van der Waals surface area (Å²) < 4.78 is 18.9. The molecule has 1 heterocycles. The maximum absolute atomic E-state index is 12.9. The van der Waals surface area contributed by atoms with E-state index in [1.54, 1.807) is 25.3 Å². The van der Waals surface area contributed by atoms with Crippen molar-refractivity contribution in [2.75, 3.05) is 27.4 Å². The van der Waals surface area contributed by atoms with Gasteiger partial charge in [-0.05, 0) is 31.2 Å². The average Bonchev–Trinajstić information content (AvgIpc) is 3.06. The number of carbonyl (C=O) groups excluding carboxylic acids is 1. The van der Waals surface area contributed by atoms with Crippen LogP contribution in [0.5, 0.6) is 11.5 Å². The van der Waals surface area contributed by atoms with Crippen molar-refractivity contribution in [2.24, 2.45) is 4.99 Å². The van der Waals surface area contributed by atoms with Gasteiger partial charge in [0.05, 0.1) is 41.6 Å². The van der Waals surface area contributed by atoms with Crippen molar-refractivity contribution in [2.45, 2.75) is 13.5 Å². The molecule has 1 aromatic heterocycles. The molecule has 0 aliphatic heterocycles. The second-order valence-electron chi connectivity index (χ2n) is 5.80. The van der Waals surface area contributed by atoms with Crippen LogP contribution in [0.1, 0.15) is 17.3 Å². The third kappa shape index (κ3) is 4.22. The Morgan fingerprint density at radius 3 is 2.75 bits per heavy atom. The van der Waals surface area contributed by atoms with Crippen LogP contribution in [-0.2, 0) is 11.3 Å². The normalized spacial score (nSPS) is 11.8. The van der Waals surface area contributed by atoms with Gasteiger partial charge in [0.25, 0.3) is 5.91 Å². The van der Waals surface area contributed by atoms with Crippen LogP contribution in [0.15, 0.2) is 41.4 Å². The Kier molecular flexibility index (Phi) is 6.72. The van der Waals surface area contributed by atoms with E-state index in [0.29, 0.717) is 46.6 Å². The maximum Gasteiger partial charge on any atom is 0.283 e. The van der Waals surface area contributed by atoms with E-state index in [1.165, 1.54) is 18.4 Å². The Labute approximate surface area is 171 Å². The summed E-state index contributed by atoms with van der Waals surface area (Å²) in [4.78, 5) is 17.8. The van der Waals surface area contributed by atoms with E-state index in [0.717, 1.165) is 10.2 Å². The molecule has 2 aromatic carbocycles. The van der Waals surface area contributed by atoms with Gasteiger partial charge in [0.1, 0.15) is 11.5 Å². The molecule has 0 atom stereocenters. The molecule has 0 spiro atoms. The van der Waals surface area contributed by atoms with Crippen LogP contribution in [0.25, 0.3) is 10.2 Å². The van der Waals surface area contributed by atoms with Gasteiger partial charge in [-0.15, -0.1) is 0 Å². The minimum atomic E-state index is -0.396. The first-order valence-corrected chi connectivity index (χ1v) is 9.95. The third-order valence-corrected chi connectivity index (χ3v) is 5.50. The summed E-state index contributed by atoms with van der Waals surface area (Å²) in [5.41, 5.74) is 1.21. The summed E-state index contributed by atoms with van der Waals surface area (Å²) in [5, 5.41) is 0.612. The summed E-state index contributed by atoms with van der Waals surface area (Å²) in [5.74, 6) is 0.620. The highest BCUT2D eigenvalue weighted by Crippen LogP contribution is 2.27. The van der Waals surface area contributed by atoms with Crippen LogP contribution in [-0.4, -0.2) is 37.9 Å². The first-order chi connectivity index (χ1) is 13.6. The molecule has 0 fully saturated rings. The number of methoxy groups -OCH3 is 2. The number of carbonyl (C=O) groups is 1. The summed E-state index contributed by atoms with van der Waals surface area (Å²) in [7, 11) is 3.07. The molecule has 6 nitrogen and oxygen atoms in total. The van der Waals surface area contributed by atoms with E-state index in [4.69, 9.17) is 25.8 Å². The first kappa shape index (κ1) is 20.4. The summed E-state index contributed by atoms with van der Waals surface area (Å²) in [6.07, 6.45) is 0. The second kappa shape index (κ2) is 9.23. The zero-order chi connectivity index (χ0) is 20.1. The lowest BCUT2D eigenvalue weighted by molar-refractivity contribution is 0.0993. The molecule has 8 heteroatoms. The van der Waals surface area contributed by atoms with Gasteiger partial charge in [0.15, 0.2) is 4.80 Å². The van der Waals surface area contributed by atoms with Crippen LogP contribution >= 0.6 is 22.9 Å². The summed E-state index contributed by atoms with van der Waals surface area (Å²) >= 11 is 7.82. The lowest BCUT2D eigenvalue weighted by Crippen LogP contribution is -2.20. The molecule has 0 N–H and O–H groups in total. The van der Waals surface area contributed by atoms with Gasteiger partial charge in [-0.2, -0.15) is 4.99 Å². The van der Waals surface area contributed by atoms with Gasteiger partial charge in [0, 0.05) is 19.2 Å². The van der Waals surface area contributed by atoms with E-state index >= 15 is 0 Å². The van der Waals surface area contributed by atoms with E-state index in [-0.39, 0.29) is 0 Å². The third-order valence-electron chi connectivity index (χ3n) is 4.15. The van der Waals surface area contributed by atoms with E-state index in [1.807, 2.05) is 29.7 Å². The molecule has 148 valence electrons. The Morgan fingerprint density at radius 1 is 1.21 bits per heavy atom. The lowest BCUT2D eigenvalue weighted by Gasteiger charge is -2.08. The molecule has 1 amide bonds. The molecule has 0 saturated carbocycles. The number of hydrogen-bond acceptors (Lipinski definition) is 5. The lowest BCUT2D eigenvalue weighted by atomic mass is 10.2. The molecule has 0 saturated heterocycles. The number of rotatable bonds is 7. The minimum Gasteiger partial charge on any atom is -0.497 e. The smallest absolute Gasteiger partial charge is 0.283 e. The van der Waals surface area contributed by atoms with Crippen LogP contribution in [0, 0.1) is 0 Å². The molecule has 0 unspecified atom stereocenters. The van der Waals surface area contributed by atoms with Crippen molar-refractivity contribution in [1.82, 2.24) is 4.57 Å². The number of fused-ring (bicyclic) bond motifs is 1. The Morgan fingerprint density at radius 2 is 2.04 bits per heavy atom. The minimum absolute atomic E-state index is 0.364. The maximum atomic E-state index is 12.9. The first-order valence-electron chi connectivity index (χ1n) is 8.75. The SMILES string of the molecule is CCOCCn1c(=NC(=O)c2ccc(OC)cc2OC)sc2cccc(Cl)c21. The number of benzene rings is 2. The molecular weight excluding hydrogens is 400 g/mol. The van der Waals surface area contributed by atoms with E-state index < -0.39 is 5.91 Å². The average molecular weight is 421 g/mol. The van der Waals surface area contributed by atoms with E-state index in [9.17, 15) is 4.79 Å². The topological polar surface area (TPSA) is 62.1 Å². The fourth-order valence-electron chi connectivity index (χ4n) is 2.80. The van der Waals surface area contributed by atoms with Crippen molar-refractivity contribution in [1.29, 1.82) is 0 Å². The highest BCUT2D eigenvalue weighted by Gasteiger charge is 2.15. The van der Waals surface area contributed by atoms with Crippen LogP contribution < -0.4 is 14.3 Å². The van der Waals surface area contributed by atoms with Crippen LogP contribution in [0.2, 0.25) is 5.02 Å². The van der Waals surface area contributed by atoms with Gasteiger partial charge < -0.3 is 18.8 Å². The zero-order valence-corrected chi connectivity index (χ0v) is 17.5. The van der Waals surface area contributed by atoms with Crippen molar-refractivity contribution in [3.8, 4) is 11.5 Å². The fraction of sp³-hybridized carbons (Fsp3) is 0.300. The number of nitrogens with zero attached hydrogens (tertiary/aromatic N) is 2. The monoisotopic (exact) mass is 420 g/mol. The Bertz CT molecular complexity index is 1060. The van der Waals surface area contributed by atoms with Crippen molar-refractivity contribution >= 4 is 39.1 Å². The molecular formula is C20H21ClN2O4S.